The minimum atomic E-state index is -4.84. The van der Waals surface area contributed by atoms with Crippen LogP contribution >= 0.6 is 0 Å². The van der Waals surface area contributed by atoms with E-state index in [4.69, 9.17) is 9.47 Å². The second kappa shape index (κ2) is 9.86. The molecule has 1 saturated carbocycles. The summed E-state index contributed by atoms with van der Waals surface area (Å²) in [5, 5.41) is 3.44. The number of hydrogen-bond acceptors (Lipinski definition) is 5. The highest BCUT2D eigenvalue weighted by Crippen LogP contribution is 2.30. The molecule has 0 unspecified atom stereocenters. The van der Waals surface area contributed by atoms with Crippen molar-refractivity contribution in [2.24, 2.45) is 0 Å². The van der Waals surface area contributed by atoms with Crippen LogP contribution in [-0.2, 0) is 6.42 Å². The van der Waals surface area contributed by atoms with Gasteiger partial charge in [0, 0.05) is 18.5 Å². The van der Waals surface area contributed by atoms with E-state index in [-0.39, 0.29) is 24.5 Å². The lowest BCUT2D eigenvalue weighted by Crippen LogP contribution is -2.22. The molecule has 2 aromatic rings. The Bertz CT molecular complexity index is 839. The molecule has 1 aliphatic carbocycles. The van der Waals surface area contributed by atoms with E-state index >= 15 is 0 Å². The van der Waals surface area contributed by atoms with Crippen LogP contribution in [0.2, 0.25) is 0 Å². The van der Waals surface area contributed by atoms with E-state index in [2.05, 4.69) is 15.0 Å². The van der Waals surface area contributed by atoms with E-state index in [1.807, 2.05) is 0 Å². The van der Waals surface area contributed by atoms with Crippen LogP contribution in [0.1, 0.15) is 37.7 Å². The Morgan fingerprint density at radius 2 is 1.90 bits per heavy atom. The van der Waals surface area contributed by atoms with Gasteiger partial charge in [0.15, 0.2) is 5.75 Å². The number of anilines is 1. The van der Waals surface area contributed by atoms with Crippen molar-refractivity contribution in [2.75, 3.05) is 19.0 Å². The first-order chi connectivity index (χ1) is 14.3. The summed E-state index contributed by atoms with van der Waals surface area (Å²) in [6.07, 6.45) is 2.69. The van der Waals surface area contributed by atoms with Crippen molar-refractivity contribution in [3.8, 4) is 17.4 Å². The number of pyridine rings is 1. The largest absolute Gasteiger partial charge is 0.573 e. The molecule has 1 aromatic carbocycles. The van der Waals surface area contributed by atoms with E-state index in [0.717, 1.165) is 36.7 Å². The van der Waals surface area contributed by atoms with Gasteiger partial charge in [0.2, 0.25) is 0 Å². The van der Waals surface area contributed by atoms with Crippen molar-refractivity contribution in [1.29, 1.82) is 0 Å². The Kier molecular flexibility index (Phi) is 7.23. The molecule has 3 rings (SSSR count). The number of rotatable bonds is 8. The second-order valence-corrected chi connectivity index (χ2v) is 7.11. The van der Waals surface area contributed by atoms with Gasteiger partial charge < -0.3 is 19.5 Å². The van der Waals surface area contributed by atoms with Crippen LogP contribution in [0.3, 0.4) is 0 Å². The molecule has 0 aliphatic heterocycles. The maximum absolute atomic E-state index is 14.0. The van der Waals surface area contributed by atoms with E-state index in [1.165, 1.54) is 26.4 Å². The van der Waals surface area contributed by atoms with Crippen LogP contribution in [-0.4, -0.2) is 31.1 Å². The fraction of sp³-hybridized carbons (Fsp3) is 0.476. The summed E-state index contributed by atoms with van der Waals surface area (Å²) in [5.74, 6) is -0.456. The van der Waals surface area contributed by atoms with Crippen LogP contribution in [0.25, 0.3) is 0 Å². The highest BCUT2D eigenvalue weighted by Gasteiger charge is 2.31. The third-order valence-electron chi connectivity index (χ3n) is 4.87. The third kappa shape index (κ3) is 6.40. The summed E-state index contributed by atoms with van der Waals surface area (Å²) < 4.78 is 65.8. The Morgan fingerprint density at radius 1 is 1.13 bits per heavy atom. The maximum atomic E-state index is 14.0. The zero-order valence-electron chi connectivity index (χ0n) is 16.6. The number of nitrogens with zero attached hydrogens (tertiary/aromatic N) is 1. The van der Waals surface area contributed by atoms with Crippen molar-refractivity contribution in [1.82, 2.24) is 4.98 Å². The lowest BCUT2D eigenvalue weighted by atomic mass is 9.95. The van der Waals surface area contributed by atoms with Gasteiger partial charge in [0.1, 0.15) is 11.6 Å². The zero-order chi connectivity index (χ0) is 21.6. The van der Waals surface area contributed by atoms with Crippen molar-refractivity contribution in [2.45, 2.75) is 50.9 Å². The van der Waals surface area contributed by atoms with Gasteiger partial charge in [-0.05, 0) is 36.6 Å². The number of alkyl halides is 3. The fourth-order valence-electron chi connectivity index (χ4n) is 3.46. The summed E-state index contributed by atoms with van der Waals surface area (Å²) in [4.78, 5) is 4.23. The highest BCUT2D eigenvalue weighted by atomic mass is 19.4. The van der Waals surface area contributed by atoms with Crippen LogP contribution in [0.4, 0.5) is 23.2 Å². The molecule has 1 aliphatic rings. The first-order valence-corrected chi connectivity index (χ1v) is 9.81. The molecule has 1 fully saturated rings. The standard InChI is InChI=1S/C21H24F4N2O3/c1-28-20-19(12-16(13-26-20)27-15-5-3-2-4-6-15)29-10-9-14-11-17(7-8-18(14)22)30-21(23,24)25/h7-8,11-13,15,27H,2-6,9-10H2,1H3. The number of nitrogens with one attached hydrogen (secondary N) is 1. The summed E-state index contributed by atoms with van der Waals surface area (Å²) in [6.45, 7) is 0.0251. The van der Waals surface area contributed by atoms with E-state index < -0.39 is 17.9 Å². The topological polar surface area (TPSA) is 52.6 Å². The normalized spacial score (nSPS) is 15.0. The van der Waals surface area contributed by atoms with Crippen molar-refractivity contribution in [3.63, 3.8) is 0 Å². The summed E-state index contributed by atoms with van der Waals surface area (Å²) in [5.41, 5.74) is 0.851. The molecule has 1 aromatic heterocycles. The lowest BCUT2D eigenvalue weighted by Gasteiger charge is -2.24. The Labute approximate surface area is 172 Å². The van der Waals surface area contributed by atoms with Gasteiger partial charge in [-0.15, -0.1) is 13.2 Å². The molecular weight excluding hydrogens is 404 g/mol. The monoisotopic (exact) mass is 428 g/mol. The number of hydrogen-bond donors (Lipinski definition) is 1. The number of ether oxygens (including phenoxy) is 3. The highest BCUT2D eigenvalue weighted by molar-refractivity contribution is 5.50. The van der Waals surface area contributed by atoms with Gasteiger partial charge >= 0.3 is 6.36 Å². The fourth-order valence-corrected chi connectivity index (χ4v) is 3.46. The van der Waals surface area contributed by atoms with Crippen molar-refractivity contribution in [3.05, 3.63) is 41.8 Å². The molecule has 0 radical (unpaired) electrons. The average Bonchev–Trinajstić information content (AvgIpc) is 2.70. The predicted molar refractivity (Wildman–Crippen MR) is 104 cm³/mol. The molecule has 0 amide bonds. The molecule has 1 N–H and O–H groups in total. The quantitative estimate of drug-likeness (QED) is 0.563. The van der Waals surface area contributed by atoms with Crippen molar-refractivity contribution >= 4 is 5.69 Å². The molecular formula is C21H24F4N2O3. The van der Waals surface area contributed by atoms with Gasteiger partial charge in [-0.3, -0.25) is 0 Å². The van der Waals surface area contributed by atoms with E-state index in [1.54, 1.807) is 12.3 Å². The molecule has 0 saturated heterocycles. The number of benzene rings is 1. The summed E-state index contributed by atoms with van der Waals surface area (Å²) in [7, 11) is 1.46. The number of methoxy groups -OCH3 is 1. The first kappa shape index (κ1) is 22.0. The van der Waals surface area contributed by atoms with Crippen molar-refractivity contribution < 1.29 is 31.8 Å². The minimum absolute atomic E-state index is 0.0251. The average molecular weight is 428 g/mol. The minimum Gasteiger partial charge on any atom is -0.488 e. The van der Waals surface area contributed by atoms with Crippen LogP contribution in [0.5, 0.6) is 17.4 Å². The van der Waals surface area contributed by atoms with E-state index in [9.17, 15) is 17.6 Å². The Morgan fingerprint density at radius 3 is 2.60 bits per heavy atom. The summed E-state index contributed by atoms with van der Waals surface area (Å²) in [6, 6.07) is 5.03. The number of aromatic nitrogens is 1. The SMILES string of the molecule is COc1ncc(NC2CCCCC2)cc1OCCc1cc(OC(F)(F)F)ccc1F. The summed E-state index contributed by atoms with van der Waals surface area (Å²) >= 11 is 0. The number of halogens is 4. The molecule has 0 bridgehead atoms. The van der Waals surface area contributed by atoms with Gasteiger partial charge in [-0.25, -0.2) is 9.37 Å². The predicted octanol–water partition coefficient (Wildman–Crippen LogP) is 5.49. The van der Waals surface area contributed by atoms with Gasteiger partial charge in [0.05, 0.1) is 25.6 Å². The van der Waals surface area contributed by atoms with Gasteiger partial charge in [-0.1, -0.05) is 19.3 Å². The molecule has 9 heteroatoms. The van der Waals surface area contributed by atoms with Crippen LogP contribution in [0.15, 0.2) is 30.5 Å². The molecule has 0 atom stereocenters. The van der Waals surface area contributed by atoms with Crippen LogP contribution in [0, 0.1) is 5.82 Å². The molecule has 5 nitrogen and oxygen atoms in total. The lowest BCUT2D eigenvalue weighted by molar-refractivity contribution is -0.274. The van der Waals surface area contributed by atoms with E-state index in [0.29, 0.717) is 11.8 Å². The molecule has 1 heterocycles. The van der Waals surface area contributed by atoms with Gasteiger partial charge in [0.25, 0.3) is 5.88 Å². The van der Waals surface area contributed by atoms with Crippen LogP contribution < -0.4 is 19.5 Å². The third-order valence-corrected chi connectivity index (χ3v) is 4.87. The zero-order valence-corrected chi connectivity index (χ0v) is 16.6. The maximum Gasteiger partial charge on any atom is 0.573 e. The Balaban J connectivity index is 1.63. The molecule has 0 spiro atoms. The smallest absolute Gasteiger partial charge is 0.488 e. The molecule has 164 valence electrons. The Hall–Kier alpha value is -2.71. The van der Waals surface area contributed by atoms with Gasteiger partial charge in [-0.2, -0.15) is 0 Å². The second-order valence-electron chi connectivity index (χ2n) is 7.11. The first-order valence-electron chi connectivity index (χ1n) is 9.81. The molecule has 30 heavy (non-hydrogen) atoms.